The molecule has 1 atom stereocenters. The fourth-order valence-corrected chi connectivity index (χ4v) is 1.84. The van der Waals surface area contributed by atoms with Crippen LogP contribution in [0, 0.1) is 11.6 Å². The number of aliphatic hydroxyl groups excluding tert-OH is 1. The summed E-state index contributed by atoms with van der Waals surface area (Å²) >= 11 is 0. The molecule has 2 rings (SSSR count). The summed E-state index contributed by atoms with van der Waals surface area (Å²) in [6.07, 6.45) is 0.138. The second kappa shape index (κ2) is 6.48. The Hall–Kier alpha value is -1.94. The molecule has 0 amide bonds. The van der Waals surface area contributed by atoms with Gasteiger partial charge in [0.05, 0.1) is 6.10 Å². The van der Waals surface area contributed by atoms with Gasteiger partial charge in [-0.05, 0) is 42.3 Å². The SMILES string of the molecule is CCC(O)c1ccc(OCc2cc(F)ccc2F)cc1. The average Bonchev–Trinajstić information content (AvgIpc) is 2.48. The van der Waals surface area contributed by atoms with E-state index in [1.807, 2.05) is 6.92 Å². The van der Waals surface area contributed by atoms with Gasteiger partial charge in [0.25, 0.3) is 0 Å². The smallest absolute Gasteiger partial charge is 0.130 e. The molecule has 0 aliphatic carbocycles. The molecule has 1 N–H and O–H groups in total. The number of rotatable bonds is 5. The molecule has 4 heteroatoms. The van der Waals surface area contributed by atoms with Gasteiger partial charge in [-0.3, -0.25) is 0 Å². The third kappa shape index (κ3) is 3.54. The Bertz CT molecular complexity index is 567. The van der Waals surface area contributed by atoms with Crippen molar-refractivity contribution in [1.82, 2.24) is 0 Å². The number of aliphatic hydroxyl groups is 1. The zero-order chi connectivity index (χ0) is 14.5. The second-order valence-corrected chi connectivity index (χ2v) is 4.52. The molecule has 0 aliphatic rings. The molecule has 2 aromatic rings. The zero-order valence-electron chi connectivity index (χ0n) is 11.1. The minimum absolute atomic E-state index is 0.0424. The lowest BCUT2D eigenvalue weighted by Crippen LogP contribution is -2.00. The predicted molar refractivity (Wildman–Crippen MR) is 72.4 cm³/mol. The highest BCUT2D eigenvalue weighted by atomic mass is 19.1. The maximum atomic E-state index is 13.4. The van der Waals surface area contributed by atoms with Crippen molar-refractivity contribution in [3.05, 3.63) is 65.2 Å². The van der Waals surface area contributed by atoms with Crippen LogP contribution in [-0.4, -0.2) is 5.11 Å². The van der Waals surface area contributed by atoms with Crippen LogP contribution in [0.5, 0.6) is 5.75 Å². The molecule has 0 saturated carbocycles. The quantitative estimate of drug-likeness (QED) is 0.896. The van der Waals surface area contributed by atoms with E-state index < -0.39 is 17.7 Å². The van der Waals surface area contributed by atoms with Crippen LogP contribution < -0.4 is 4.74 Å². The van der Waals surface area contributed by atoms with E-state index >= 15 is 0 Å². The topological polar surface area (TPSA) is 29.5 Å². The molecule has 0 fully saturated rings. The molecule has 0 saturated heterocycles. The molecule has 106 valence electrons. The van der Waals surface area contributed by atoms with Gasteiger partial charge in [-0.1, -0.05) is 19.1 Å². The van der Waals surface area contributed by atoms with E-state index in [9.17, 15) is 13.9 Å². The second-order valence-electron chi connectivity index (χ2n) is 4.52. The summed E-state index contributed by atoms with van der Waals surface area (Å²) < 4.78 is 31.8. The average molecular weight is 278 g/mol. The number of ether oxygens (including phenoxy) is 1. The Morgan fingerprint density at radius 1 is 1.10 bits per heavy atom. The van der Waals surface area contributed by atoms with Crippen LogP contribution in [-0.2, 0) is 6.61 Å². The summed E-state index contributed by atoms with van der Waals surface area (Å²) in [5, 5.41) is 9.66. The summed E-state index contributed by atoms with van der Waals surface area (Å²) in [4.78, 5) is 0. The van der Waals surface area contributed by atoms with Gasteiger partial charge in [0.1, 0.15) is 24.0 Å². The van der Waals surface area contributed by atoms with E-state index in [2.05, 4.69) is 0 Å². The zero-order valence-corrected chi connectivity index (χ0v) is 11.1. The maximum Gasteiger partial charge on any atom is 0.130 e. The molecular weight excluding hydrogens is 262 g/mol. The van der Waals surface area contributed by atoms with Crippen molar-refractivity contribution < 1.29 is 18.6 Å². The maximum absolute atomic E-state index is 13.4. The van der Waals surface area contributed by atoms with Gasteiger partial charge in [-0.15, -0.1) is 0 Å². The molecule has 0 radical (unpaired) electrons. The van der Waals surface area contributed by atoms with E-state index in [0.717, 1.165) is 23.8 Å². The highest BCUT2D eigenvalue weighted by Gasteiger charge is 2.06. The van der Waals surface area contributed by atoms with Crippen LogP contribution in [0.15, 0.2) is 42.5 Å². The Morgan fingerprint density at radius 2 is 1.80 bits per heavy atom. The predicted octanol–water partition coefficient (Wildman–Crippen LogP) is 3.99. The Morgan fingerprint density at radius 3 is 2.45 bits per heavy atom. The number of hydrogen-bond donors (Lipinski definition) is 1. The lowest BCUT2D eigenvalue weighted by Gasteiger charge is -2.10. The molecule has 2 aromatic carbocycles. The first-order valence-corrected chi connectivity index (χ1v) is 6.45. The van der Waals surface area contributed by atoms with Crippen molar-refractivity contribution >= 4 is 0 Å². The number of hydrogen-bond acceptors (Lipinski definition) is 2. The molecular formula is C16H16F2O2. The summed E-state index contributed by atoms with van der Waals surface area (Å²) in [5.74, 6) is -0.448. The largest absolute Gasteiger partial charge is 0.489 e. The van der Waals surface area contributed by atoms with E-state index in [4.69, 9.17) is 4.74 Å². The molecule has 20 heavy (non-hydrogen) atoms. The molecule has 0 spiro atoms. The normalized spacial score (nSPS) is 12.2. The summed E-state index contributed by atoms with van der Waals surface area (Å²) in [7, 11) is 0. The third-order valence-corrected chi connectivity index (χ3v) is 3.05. The van der Waals surface area contributed by atoms with Crippen LogP contribution >= 0.6 is 0 Å². The van der Waals surface area contributed by atoms with E-state index in [0.29, 0.717) is 12.2 Å². The minimum atomic E-state index is -0.496. The van der Waals surface area contributed by atoms with Crippen LogP contribution in [0.4, 0.5) is 8.78 Å². The Balaban J connectivity index is 2.02. The third-order valence-electron chi connectivity index (χ3n) is 3.05. The molecule has 0 aromatic heterocycles. The minimum Gasteiger partial charge on any atom is -0.489 e. The van der Waals surface area contributed by atoms with Gasteiger partial charge in [-0.2, -0.15) is 0 Å². The molecule has 0 aliphatic heterocycles. The van der Waals surface area contributed by atoms with Crippen molar-refractivity contribution in [2.45, 2.75) is 26.1 Å². The number of benzene rings is 2. The van der Waals surface area contributed by atoms with Crippen molar-refractivity contribution in [3.63, 3.8) is 0 Å². The van der Waals surface area contributed by atoms with Crippen molar-refractivity contribution in [1.29, 1.82) is 0 Å². The van der Waals surface area contributed by atoms with Crippen LogP contribution in [0.2, 0.25) is 0 Å². The highest BCUT2D eigenvalue weighted by molar-refractivity contribution is 5.29. The molecule has 1 unspecified atom stereocenters. The lowest BCUT2D eigenvalue weighted by atomic mass is 10.1. The van der Waals surface area contributed by atoms with Crippen LogP contribution in [0.3, 0.4) is 0 Å². The fourth-order valence-electron chi connectivity index (χ4n) is 1.84. The standard InChI is InChI=1S/C16H16F2O2/c1-2-16(19)11-3-6-14(7-4-11)20-10-12-9-13(17)5-8-15(12)18/h3-9,16,19H,2,10H2,1H3. The summed E-state index contributed by atoms with van der Waals surface area (Å²) in [5.41, 5.74) is 0.972. The molecule has 0 bridgehead atoms. The molecule has 0 heterocycles. The van der Waals surface area contributed by atoms with Crippen LogP contribution in [0.25, 0.3) is 0 Å². The summed E-state index contributed by atoms with van der Waals surface area (Å²) in [6, 6.07) is 10.2. The first kappa shape index (κ1) is 14.5. The Kier molecular flexibility index (Phi) is 4.69. The Labute approximate surface area is 116 Å². The van der Waals surface area contributed by atoms with Gasteiger partial charge >= 0.3 is 0 Å². The monoisotopic (exact) mass is 278 g/mol. The van der Waals surface area contributed by atoms with Crippen molar-refractivity contribution in [2.75, 3.05) is 0 Å². The van der Waals surface area contributed by atoms with E-state index in [1.165, 1.54) is 0 Å². The van der Waals surface area contributed by atoms with Gasteiger partial charge in [0.15, 0.2) is 0 Å². The van der Waals surface area contributed by atoms with Gasteiger partial charge < -0.3 is 9.84 Å². The first-order chi connectivity index (χ1) is 9.60. The first-order valence-electron chi connectivity index (χ1n) is 6.45. The fraction of sp³-hybridized carbons (Fsp3) is 0.250. The molecule has 2 nitrogen and oxygen atoms in total. The van der Waals surface area contributed by atoms with Crippen molar-refractivity contribution in [2.24, 2.45) is 0 Å². The lowest BCUT2D eigenvalue weighted by molar-refractivity contribution is 0.173. The summed E-state index contributed by atoms with van der Waals surface area (Å²) in [6.45, 7) is 1.85. The van der Waals surface area contributed by atoms with E-state index in [1.54, 1.807) is 24.3 Å². The van der Waals surface area contributed by atoms with Gasteiger partial charge in [-0.25, -0.2) is 8.78 Å². The van der Waals surface area contributed by atoms with Crippen LogP contribution in [0.1, 0.15) is 30.6 Å². The van der Waals surface area contributed by atoms with Gasteiger partial charge in [0, 0.05) is 5.56 Å². The van der Waals surface area contributed by atoms with Gasteiger partial charge in [0.2, 0.25) is 0 Å². The van der Waals surface area contributed by atoms with Crippen molar-refractivity contribution in [3.8, 4) is 5.75 Å². The van der Waals surface area contributed by atoms with E-state index in [-0.39, 0.29) is 12.2 Å². The number of halogens is 2. The highest BCUT2D eigenvalue weighted by Crippen LogP contribution is 2.21.